The molecule has 76 valence electrons. The number of halogens is 1. The molecule has 0 spiro atoms. The van der Waals surface area contributed by atoms with Gasteiger partial charge in [-0.15, -0.1) is 10.0 Å². The summed E-state index contributed by atoms with van der Waals surface area (Å²) in [6.45, 7) is -0.112. The lowest BCUT2D eigenvalue weighted by atomic mass is 10.2. The molecule has 0 atom stereocenters. The van der Waals surface area contributed by atoms with Crippen LogP contribution in [0.25, 0.3) is 0 Å². The van der Waals surface area contributed by atoms with E-state index >= 15 is 0 Å². The first-order valence-corrected chi connectivity index (χ1v) is 4.36. The monoisotopic (exact) mass is 197 g/mol. The van der Waals surface area contributed by atoms with Crippen LogP contribution in [0.1, 0.15) is 5.56 Å². The van der Waals surface area contributed by atoms with Crippen LogP contribution in [0.5, 0.6) is 0 Å². The lowest BCUT2D eigenvalue weighted by Crippen LogP contribution is -2.19. The van der Waals surface area contributed by atoms with E-state index in [0.29, 0.717) is 6.42 Å². The molecule has 0 fully saturated rings. The fourth-order valence-corrected chi connectivity index (χ4v) is 1.03. The molecule has 3 nitrogen and oxygen atoms in total. The van der Waals surface area contributed by atoms with Crippen molar-refractivity contribution in [2.24, 2.45) is 0 Å². The molecule has 0 saturated carbocycles. The number of carbonyl (C=O) groups excluding carboxylic acids is 1. The molecular formula is C10H12FNO2. The van der Waals surface area contributed by atoms with Crippen LogP contribution in [-0.2, 0) is 16.0 Å². The number of benzene rings is 1. The molecule has 0 radical (unpaired) electrons. The molecule has 1 aromatic rings. The maximum absolute atomic E-state index is 11.4. The van der Waals surface area contributed by atoms with E-state index in [1.807, 2.05) is 30.3 Å². The van der Waals surface area contributed by atoms with E-state index in [1.165, 1.54) is 5.54 Å². The molecule has 14 heavy (non-hydrogen) atoms. The predicted octanol–water partition coefficient (Wildman–Crippen LogP) is 1.25. The van der Waals surface area contributed by atoms with E-state index in [2.05, 4.69) is 0 Å². The van der Waals surface area contributed by atoms with Crippen molar-refractivity contribution in [3.63, 3.8) is 0 Å². The van der Waals surface area contributed by atoms with E-state index in [1.54, 1.807) is 0 Å². The molecule has 0 aromatic heterocycles. The van der Waals surface area contributed by atoms with Crippen LogP contribution in [0, 0.1) is 0 Å². The van der Waals surface area contributed by atoms with Gasteiger partial charge in [-0.1, -0.05) is 30.3 Å². The fourth-order valence-electron chi connectivity index (χ4n) is 1.03. The first-order valence-electron chi connectivity index (χ1n) is 4.36. The van der Waals surface area contributed by atoms with E-state index in [0.717, 1.165) is 5.56 Å². The van der Waals surface area contributed by atoms with Gasteiger partial charge in [0.2, 0.25) is 0 Å². The van der Waals surface area contributed by atoms with Gasteiger partial charge in [0.25, 0.3) is 0 Å². The lowest BCUT2D eigenvalue weighted by Gasteiger charge is -2.03. The van der Waals surface area contributed by atoms with Crippen molar-refractivity contribution in [1.29, 1.82) is 0 Å². The SMILES string of the molecule is O=C(CNF)OCCc1ccccc1. The smallest absolute Gasteiger partial charge is 0.322 e. The molecule has 0 heterocycles. The Kier molecular flexibility index (Phi) is 4.64. The molecular weight excluding hydrogens is 185 g/mol. The number of hydrogen-bond acceptors (Lipinski definition) is 3. The number of ether oxygens (including phenoxy) is 1. The highest BCUT2D eigenvalue weighted by molar-refractivity contribution is 5.71. The van der Waals surface area contributed by atoms with E-state index < -0.39 is 12.5 Å². The Morgan fingerprint density at radius 2 is 2.07 bits per heavy atom. The van der Waals surface area contributed by atoms with Crippen molar-refractivity contribution in [1.82, 2.24) is 5.54 Å². The molecule has 1 N–H and O–H groups in total. The van der Waals surface area contributed by atoms with Crippen LogP contribution >= 0.6 is 0 Å². The molecule has 0 saturated heterocycles. The molecule has 1 rings (SSSR count). The largest absolute Gasteiger partial charge is 0.464 e. The molecule has 1 aromatic carbocycles. The minimum Gasteiger partial charge on any atom is -0.464 e. The average molecular weight is 197 g/mol. The first-order chi connectivity index (χ1) is 6.83. The van der Waals surface area contributed by atoms with Gasteiger partial charge in [-0.25, -0.2) is 0 Å². The van der Waals surface area contributed by atoms with Gasteiger partial charge in [0.1, 0.15) is 6.54 Å². The number of carbonyl (C=O) groups is 1. The Balaban J connectivity index is 2.19. The van der Waals surface area contributed by atoms with Gasteiger partial charge in [0.15, 0.2) is 0 Å². The maximum Gasteiger partial charge on any atom is 0.322 e. The molecule has 4 heteroatoms. The summed E-state index contributed by atoms with van der Waals surface area (Å²) >= 11 is 0. The second-order valence-corrected chi connectivity index (χ2v) is 2.77. The molecule has 0 aliphatic heterocycles. The summed E-state index contributed by atoms with van der Waals surface area (Å²) in [5.74, 6) is -0.580. The van der Waals surface area contributed by atoms with Crippen LogP contribution in [-0.4, -0.2) is 19.1 Å². The third-order valence-corrected chi connectivity index (χ3v) is 1.71. The zero-order chi connectivity index (χ0) is 10.2. The summed E-state index contributed by atoms with van der Waals surface area (Å²) in [6.07, 6.45) is 0.652. The number of rotatable bonds is 5. The Hall–Kier alpha value is -1.42. The Bertz CT molecular complexity index is 277. The summed E-state index contributed by atoms with van der Waals surface area (Å²) in [4.78, 5) is 10.7. The Morgan fingerprint density at radius 1 is 1.36 bits per heavy atom. The fraction of sp³-hybridized carbons (Fsp3) is 0.300. The van der Waals surface area contributed by atoms with Crippen molar-refractivity contribution in [3.8, 4) is 0 Å². The van der Waals surface area contributed by atoms with Gasteiger partial charge >= 0.3 is 5.97 Å². The molecule has 0 unspecified atom stereocenters. The van der Waals surface area contributed by atoms with E-state index in [-0.39, 0.29) is 6.61 Å². The van der Waals surface area contributed by atoms with Crippen LogP contribution in [0.3, 0.4) is 0 Å². The van der Waals surface area contributed by atoms with Crippen molar-refractivity contribution in [2.45, 2.75) is 6.42 Å². The van der Waals surface area contributed by atoms with Crippen molar-refractivity contribution in [2.75, 3.05) is 13.2 Å². The molecule has 0 amide bonds. The summed E-state index contributed by atoms with van der Waals surface area (Å²) in [7, 11) is 0. The van der Waals surface area contributed by atoms with Crippen molar-refractivity contribution in [3.05, 3.63) is 35.9 Å². The van der Waals surface area contributed by atoms with E-state index in [9.17, 15) is 9.28 Å². The van der Waals surface area contributed by atoms with Crippen molar-refractivity contribution < 1.29 is 14.0 Å². The average Bonchev–Trinajstić information content (AvgIpc) is 2.20. The molecule has 0 aliphatic rings. The zero-order valence-corrected chi connectivity index (χ0v) is 7.70. The highest BCUT2D eigenvalue weighted by Gasteiger charge is 2.00. The maximum atomic E-state index is 11.4. The Labute approximate surface area is 81.8 Å². The van der Waals surface area contributed by atoms with Gasteiger partial charge in [0, 0.05) is 6.42 Å². The Morgan fingerprint density at radius 3 is 2.71 bits per heavy atom. The highest BCUT2D eigenvalue weighted by atomic mass is 19.2. The summed E-state index contributed by atoms with van der Waals surface area (Å²) < 4.78 is 16.2. The highest BCUT2D eigenvalue weighted by Crippen LogP contribution is 1.99. The first kappa shape index (κ1) is 10.7. The van der Waals surface area contributed by atoms with Gasteiger partial charge < -0.3 is 4.74 Å². The van der Waals surface area contributed by atoms with Gasteiger partial charge in [-0.05, 0) is 5.56 Å². The molecule has 0 aliphatic carbocycles. The summed E-state index contributed by atoms with van der Waals surface area (Å²) in [5, 5.41) is 0. The minimum absolute atomic E-state index is 0.282. The third kappa shape index (κ3) is 4.00. The van der Waals surface area contributed by atoms with Crippen molar-refractivity contribution >= 4 is 5.97 Å². The van der Waals surface area contributed by atoms with Gasteiger partial charge in [-0.2, -0.15) is 0 Å². The second kappa shape index (κ2) is 6.10. The zero-order valence-electron chi connectivity index (χ0n) is 7.70. The predicted molar refractivity (Wildman–Crippen MR) is 50.2 cm³/mol. The van der Waals surface area contributed by atoms with Crippen LogP contribution in [0.2, 0.25) is 0 Å². The number of esters is 1. The normalized spacial score (nSPS) is 9.79. The topological polar surface area (TPSA) is 38.3 Å². The summed E-state index contributed by atoms with van der Waals surface area (Å²) in [5.41, 5.74) is 2.33. The van der Waals surface area contributed by atoms with Crippen LogP contribution in [0.15, 0.2) is 30.3 Å². The van der Waals surface area contributed by atoms with Crippen LogP contribution < -0.4 is 5.54 Å². The number of nitrogens with one attached hydrogen (secondary N) is 1. The van der Waals surface area contributed by atoms with Gasteiger partial charge in [-0.3, -0.25) is 4.79 Å². The van der Waals surface area contributed by atoms with E-state index in [4.69, 9.17) is 4.74 Å². The summed E-state index contributed by atoms with van der Waals surface area (Å²) in [6, 6.07) is 9.64. The second-order valence-electron chi connectivity index (χ2n) is 2.77. The minimum atomic E-state index is -0.580. The third-order valence-electron chi connectivity index (χ3n) is 1.71. The lowest BCUT2D eigenvalue weighted by molar-refractivity contribution is -0.143. The van der Waals surface area contributed by atoms with Gasteiger partial charge in [0.05, 0.1) is 6.61 Å². The number of hydrogen-bond donors (Lipinski definition) is 1. The molecule has 0 bridgehead atoms. The standard InChI is InChI=1S/C10H12FNO2/c11-12-8-10(13)14-7-6-9-4-2-1-3-5-9/h1-5,12H,6-8H2. The quantitative estimate of drug-likeness (QED) is 0.570. The van der Waals surface area contributed by atoms with Crippen LogP contribution in [0.4, 0.5) is 4.48 Å².